The molecule has 31 heavy (non-hydrogen) atoms. The predicted octanol–water partition coefficient (Wildman–Crippen LogP) is 8.18. The fourth-order valence-corrected chi connectivity index (χ4v) is 7.46. The molecule has 4 unspecified atom stereocenters. The Balaban J connectivity index is 1.73. The molecule has 4 atom stereocenters. The summed E-state index contributed by atoms with van der Waals surface area (Å²) in [6.07, 6.45) is 10.7. The van der Waals surface area contributed by atoms with E-state index in [1.807, 2.05) is 0 Å². The van der Waals surface area contributed by atoms with E-state index >= 15 is 0 Å². The zero-order valence-electron chi connectivity index (χ0n) is 20.0. The maximum absolute atomic E-state index is 2.74. The van der Waals surface area contributed by atoms with E-state index in [1.165, 1.54) is 47.9 Å². The number of benzene rings is 2. The van der Waals surface area contributed by atoms with Crippen LogP contribution in [0.3, 0.4) is 0 Å². The Morgan fingerprint density at radius 1 is 0.774 bits per heavy atom. The predicted molar refractivity (Wildman–Crippen MR) is 132 cm³/mol. The average molecular weight is 411 g/mol. The molecule has 0 amide bonds. The first-order valence-corrected chi connectivity index (χ1v) is 12.5. The minimum atomic E-state index is 0.0290. The Bertz CT molecular complexity index is 954. The van der Waals surface area contributed by atoms with Crippen LogP contribution in [0, 0.1) is 43.4 Å². The van der Waals surface area contributed by atoms with Crippen LogP contribution < -0.4 is 0 Å². The van der Waals surface area contributed by atoms with Crippen molar-refractivity contribution in [1.82, 2.24) is 0 Å². The van der Waals surface area contributed by atoms with Crippen molar-refractivity contribution in [2.75, 3.05) is 0 Å². The van der Waals surface area contributed by atoms with Crippen LogP contribution in [0.2, 0.25) is 0 Å². The molecule has 0 saturated heterocycles. The Morgan fingerprint density at radius 2 is 1.29 bits per heavy atom. The molecular formula is C31H38. The molecule has 0 nitrogen and oxygen atoms in total. The number of rotatable bonds is 4. The van der Waals surface area contributed by atoms with Crippen molar-refractivity contribution >= 4 is 0 Å². The van der Waals surface area contributed by atoms with E-state index in [4.69, 9.17) is 0 Å². The molecule has 2 saturated carbocycles. The monoisotopic (exact) mass is 410 g/mol. The van der Waals surface area contributed by atoms with Gasteiger partial charge in [0.25, 0.3) is 0 Å². The normalized spacial score (nSPS) is 27.7. The van der Waals surface area contributed by atoms with Gasteiger partial charge in [-0.05, 0) is 91.4 Å². The summed E-state index contributed by atoms with van der Waals surface area (Å²) in [4.78, 5) is 0. The molecule has 0 radical (unpaired) electrons. The van der Waals surface area contributed by atoms with Crippen LogP contribution in [-0.4, -0.2) is 0 Å². The van der Waals surface area contributed by atoms with E-state index in [1.54, 1.807) is 11.1 Å². The van der Waals surface area contributed by atoms with E-state index in [0.29, 0.717) is 29.6 Å². The van der Waals surface area contributed by atoms with Crippen molar-refractivity contribution in [2.24, 2.45) is 29.6 Å². The molecule has 3 aliphatic carbocycles. The van der Waals surface area contributed by atoms with E-state index in [-0.39, 0.29) is 5.41 Å². The third-order valence-electron chi connectivity index (χ3n) is 8.77. The summed E-state index contributed by atoms with van der Waals surface area (Å²) in [5.41, 5.74) is 9.09. The molecule has 5 rings (SSSR count). The lowest BCUT2D eigenvalue weighted by atomic mass is 9.54. The number of allylic oxidation sites excluding steroid dienone is 4. The molecule has 162 valence electrons. The molecular weight excluding hydrogens is 372 g/mol. The van der Waals surface area contributed by atoms with Gasteiger partial charge < -0.3 is 0 Å². The quantitative estimate of drug-likeness (QED) is 0.476. The van der Waals surface area contributed by atoms with Crippen molar-refractivity contribution < 1.29 is 0 Å². The van der Waals surface area contributed by atoms with Gasteiger partial charge in [0, 0.05) is 5.41 Å². The summed E-state index contributed by atoms with van der Waals surface area (Å²) >= 11 is 0. The van der Waals surface area contributed by atoms with Gasteiger partial charge in [-0.25, -0.2) is 0 Å². The Labute approximate surface area is 189 Å². The van der Waals surface area contributed by atoms with E-state index in [2.05, 4.69) is 95.3 Å². The minimum Gasteiger partial charge on any atom is -0.0773 e. The van der Waals surface area contributed by atoms with Gasteiger partial charge >= 0.3 is 0 Å². The van der Waals surface area contributed by atoms with Gasteiger partial charge in [0.1, 0.15) is 0 Å². The second-order valence-corrected chi connectivity index (χ2v) is 11.0. The molecule has 2 aromatic carbocycles. The van der Waals surface area contributed by atoms with Crippen LogP contribution >= 0.6 is 0 Å². The van der Waals surface area contributed by atoms with Gasteiger partial charge in [0.2, 0.25) is 0 Å². The summed E-state index contributed by atoms with van der Waals surface area (Å²) in [5, 5.41) is 0. The van der Waals surface area contributed by atoms with Crippen molar-refractivity contribution in [3.05, 3.63) is 94.1 Å². The van der Waals surface area contributed by atoms with Crippen LogP contribution in [0.25, 0.3) is 0 Å². The fraction of sp³-hybridized carbons (Fsp3) is 0.484. The first-order valence-electron chi connectivity index (χ1n) is 12.5. The number of hydrogen-bond acceptors (Lipinski definition) is 0. The highest BCUT2D eigenvalue weighted by Crippen LogP contribution is 2.60. The van der Waals surface area contributed by atoms with Gasteiger partial charge in [-0.15, -0.1) is 0 Å². The topological polar surface area (TPSA) is 0 Å². The largest absolute Gasteiger partial charge is 0.0773 e. The summed E-state index contributed by atoms with van der Waals surface area (Å²) in [6, 6.07) is 19.0. The highest BCUT2D eigenvalue weighted by molar-refractivity contribution is 5.47. The highest BCUT2D eigenvalue weighted by Gasteiger charge is 2.54. The van der Waals surface area contributed by atoms with Crippen molar-refractivity contribution in [2.45, 2.75) is 65.7 Å². The Hall–Kier alpha value is -2.08. The first kappa shape index (κ1) is 20.8. The maximum Gasteiger partial charge on any atom is 0.0262 e. The van der Waals surface area contributed by atoms with Crippen LogP contribution in [0.1, 0.15) is 68.7 Å². The fourth-order valence-electron chi connectivity index (χ4n) is 7.46. The van der Waals surface area contributed by atoms with E-state index < -0.39 is 0 Å². The van der Waals surface area contributed by atoms with Crippen LogP contribution in [0.5, 0.6) is 0 Å². The highest BCUT2D eigenvalue weighted by atomic mass is 14.6. The third-order valence-corrected chi connectivity index (χ3v) is 8.77. The molecule has 0 spiro atoms. The second-order valence-electron chi connectivity index (χ2n) is 11.0. The standard InChI is InChI=1S/C31H38/c1-20(2)31(27-13-9-21(3)10-14-27,28-15-11-22(4)12-16-28)30-23(5)17-26-18-24-7-6-8-25(24)19-29(26)30/h9-16,18-20,23,26,29-30H,6-8,17H2,1-5H3. The van der Waals surface area contributed by atoms with Gasteiger partial charge in [-0.3, -0.25) is 0 Å². The molecule has 0 bridgehead atoms. The number of fused-ring (bicyclic) bond motifs is 2. The minimum absolute atomic E-state index is 0.0290. The van der Waals surface area contributed by atoms with Gasteiger partial charge in [0.05, 0.1) is 0 Å². The lowest BCUT2D eigenvalue weighted by Crippen LogP contribution is -2.46. The molecule has 0 heterocycles. The maximum atomic E-state index is 2.74. The lowest BCUT2D eigenvalue weighted by molar-refractivity contribution is 0.168. The number of hydrogen-bond donors (Lipinski definition) is 0. The smallest absolute Gasteiger partial charge is 0.0262 e. The van der Waals surface area contributed by atoms with E-state index in [9.17, 15) is 0 Å². The number of aryl methyl sites for hydroxylation is 2. The van der Waals surface area contributed by atoms with E-state index in [0.717, 1.165) is 0 Å². The van der Waals surface area contributed by atoms with Crippen molar-refractivity contribution in [1.29, 1.82) is 0 Å². The van der Waals surface area contributed by atoms with Gasteiger partial charge in [0.15, 0.2) is 0 Å². The second kappa shape index (κ2) is 7.80. The van der Waals surface area contributed by atoms with Crippen LogP contribution in [0.4, 0.5) is 0 Å². The van der Waals surface area contributed by atoms with Crippen molar-refractivity contribution in [3.8, 4) is 0 Å². The van der Waals surface area contributed by atoms with Crippen LogP contribution in [-0.2, 0) is 5.41 Å². The SMILES string of the molecule is Cc1ccc(C(c2ccc(C)cc2)(C(C)C)C2C(C)CC3C=C4CCCC4=CC32)cc1. The first-order chi connectivity index (χ1) is 14.9. The molecule has 3 aliphatic rings. The van der Waals surface area contributed by atoms with Gasteiger partial charge in [-0.1, -0.05) is 92.6 Å². The zero-order chi connectivity index (χ0) is 21.8. The molecule has 0 heteroatoms. The molecule has 2 fully saturated rings. The molecule has 0 aromatic heterocycles. The average Bonchev–Trinajstić information content (AvgIpc) is 3.32. The Kier molecular flexibility index (Phi) is 5.24. The van der Waals surface area contributed by atoms with Gasteiger partial charge in [-0.2, -0.15) is 0 Å². The third kappa shape index (κ3) is 3.25. The Morgan fingerprint density at radius 3 is 1.81 bits per heavy atom. The molecule has 0 N–H and O–H groups in total. The van der Waals surface area contributed by atoms with Crippen LogP contribution in [0.15, 0.2) is 71.8 Å². The lowest BCUT2D eigenvalue weighted by Gasteiger charge is -2.48. The summed E-state index contributed by atoms with van der Waals surface area (Å²) in [5.74, 6) is 3.21. The molecule has 2 aromatic rings. The summed E-state index contributed by atoms with van der Waals surface area (Å²) < 4.78 is 0. The summed E-state index contributed by atoms with van der Waals surface area (Å²) in [6.45, 7) is 11.9. The molecule has 0 aliphatic heterocycles. The summed E-state index contributed by atoms with van der Waals surface area (Å²) in [7, 11) is 0. The zero-order valence-corrected chi connectivity index (χ0v) is 20.0. The van der Waals surface area contributed by atoms with Crippen molar-refractivity contribution in [3.63, 3.8) is 0 Å².